The summed E-state index contributed by atoms with van der Waals surface area (Å²) in [6.07, 6.45) is 53.5. The minimum absolute atomic E-state index is 0.243. The van der Waals surface area contributed by atoms with E-state index in [0.717, 1.165) is 109 Å². The maximum absolute atomic E-state index is 5.44. The van der Waals surface area contributed by atoms with Crippen LogP contribution < -0.4 is 0 Å². The van der Waals surface area contributed by atoms with Crippen LogP contribution in [0.5, 0.6) is 0 Å². The van der Waals surface area contributed by atoms with E-state index >= 15 is 0 Å². The van der Waals surface area contributed by atoms with Gasteiger partial charge in [-0.25, -0.2) is 9.97 Å². The number of hydrogen-bond donors (Lipinski definition) is 2. The van der Waals surface area contributed by atoms with E-state index in [4.69, 9.17) is 9.97 Å². The van der Waals surface area contributed by atoms with Gasteiger partial charge < -0.3 is 9.97 Å². The minimum Gasteiger partial charge on any atom is -0.354 e. The molecule has 4 aliphatic carbocycles. The molecule has 61 heavy (non-hydrogen) atoms. The van der Waals surface area contributed by atoms with Crippen LogP contribution in [-0.2, 0) is 0 Å². The lowest BCUT2D eigenvalue weighted by atomic mass is 9.93. The number of aromatic nitrogens is 4. The van der Waals surface area contributed by atoms with E-state index in [1.54, 1.807) is 0 Å². The summed E-state index contributed by atoms with van der Waals surface area (Å²) in [6, 6.07) is 8.62. The van der Waals surface area contributed by atoms with Crippen molar-refractivity contribution in [2.75, 3.05) is 0 Å². The molecule has 5 heterocycles. The van der Waals surface area contributed by atoms with Crippen LogP contribution in [0, 0.1) is 5.92 Å². The van der Waals surface area contributed by atoms with E-state index in [1.165, 1.54) is 22.3 Å². The fourth-order valence-corrected chi connectivity index (χ4v) is 8.59. The summed E-state index contributed by atoms with van der Waals surface area (Å²) >= 11 is 0. The summed E-state index contributed by atoms with van der Waals surface area (Å²) in [5, 5.41) is 0. The largest absolute Gasteiger partial charge is 0.354 e. The third kappa shape index (κ3) is 7.72. The van der Waals surface area contributed by atoms with Gasteiger partial charge in [-0.3, -0.25) is 0 Å². The maximum atomic E-state index is 5.44. The normalized spacial score (nSPS) is 20.6. The SMILES string of the molecule is C=CC1=C(/C=C2/C=CC=CC2)c2cc3[nH]c(cc4nc(cc5[nH]c(cc1n2)c(C=C)c5/C=C1/C=CC=CC1)C(C=C)=C4/C=C1/C=CC=CC1)c(/C=C1/C=CC=CC1C)c3C=C. The van der Waals surface area contributed by atoms with Crippen LogP contribution >= 0.6 is 0 Å². The van der Waals surface area contributed by atoms with E-state index in [9.17, 15) is 0 Å². The third-order valence-electron chi connectivity index (χ3n) is 11.7. The molecule has 4 nitrogen and oxygen atoms in total. The minimum atomic E-state index is 0.243. The number of allylic oxidation sites excluding steroid dienone is 28. The third-order valence-corrected chi connectivity index (χ3v) is 11.7. The number of rotatable bonds is 8. The number of fused-ring (bicyclic) bond motifs is 8. The van der Waals surface area contributed by atoms with E-state index in [0.29, 0.717) is 0 Å². The first-order chi connectivity index (χ1) is 29.9. The highest BCUT2D eigenvalue weighted by atomic mass is 14.8. The molecule has 6 aliphatic rings. The summed E-state index contributed by atoms with van der Waals surface area (Å²) < 4.78 is 0. The highest BCUT2D eigenvalue weighted by Crippen LogP contribution is 2.39. The van der Waals surface area contributed by atoms with Crippen molar-refractivity contribution in [1.29, 1.82) is 0 Å². The van der Waals surface area contributed by atoms with Crippen LogP contribution in [0.25, 0.3) is 68.7 Å². The Labute approximate surface area is 358 Å². The molecule has 3 aromatic rings. The summed E-state index contributed by atoms with van der Waals surface area (Å²) in [5.41, 5.74) is 19.7. The van der Waals surface area contributed by atoms with Gasteiger partial charge >= 0.3 is 0 Å². The van der Waals surface area contributed by atoms with Crippen LogP contribution in [0.3, 0.4) is 0 Å². The smallest absolute Gasteiger partial charge is 0.0737 e. The molecule has 0 fully saturated rings. The Balaban J connectivity index is 1.44. The number of H-pyrrole nitrogens is 2. The Kier molecular flexibility index (Phi) is 10.8. The number of nitrogens with one attached hydrogen (secondary N) is 2. The van der Waals surface area contributed by atoms with Gasteiger partial charge in [-0.05, 0) is 96.0 Å². The van der Waals surface area contributed by atoms with Crippen molar-refractivity contribution in [3.63, 3.8) is 0 Å². The van der Waals surface area contributed by atoms with Gasteiger partial charge in [0.1, 0.15) is 0 Å². The van der Waals surface area contributed by atoms with Gasteiger partial charge in [0, 0.05) is 66.6 Å². The highest BCUT2D eigenvalue weighted by molar-refractivity contribution is 6.05. The summed E-state index contributed by atoms with van der Waals surface area (Å²) in [6.45, 7) is 19.6. The summed E-state index contributed by atoms with van der Waals surface area (Å²) in [5.74, 6) is 0.243. The van der Waals surface area contributed by atoms with Crippen molar-refractivity contribution < 1.29 is 0 Å². The molecule has 0 amide bonds. The van der Waals surface area contributed by atoms with Crippen molar-refractivity contribution in [2.24, 2.45) is 5.92 Å². The Hall–Kier alpha value is -7.56. The first-order valence-electron chi connectivity index (χ1n) is 20.9. The predicted octanol–water partition coefficient (Wildman–Crippen LogP) is 14.7. The van der Waals surface area contributed by atoms with Crippen molar-refractivity contribution in [3.05, 3.63) is 239 Å². The molecule has 0 spiro atoms. The lowest BCUT2D eigenvalue weighted by Crippen LogP contribution is -1.96. The monoisotopic (exact) mass is 788 g/mol. The van der Waals surface area contributed by atoms with E-state index in [2.05, 4.69) is 189 Å². The van der Waals surface area contributed by atoms with Crippen molar-refractivity contribution in [2.45, 2.75) is 26.2 Å². The second kappa shape index (κ2) is 17.0. The van der Waals surface area contributed by atoms with Crippen LogP contribution in [0.1, 0.15) is 71.2 Å². The van der Waals surface area contributed by atoms with Gasteiger partial charge in [-0.2, -0.15) is 0 Å². The molecule has 4 heteroatoms. The quantitative estimate of drug-likeness (QED) is 0.239. The number of aromatic amines is 2. The molecule has 9 rings (SSSR count). The molecule has 3 aromatic heterocycles. The van der Waals surface area contributed by atoms with E-state index in [1.807, 2.05) is 24.3 Å². The van der Waals surface area contributed by atoms with Crippen LogP contribution in [0.15, 0.2) is 194 Å². The van der Waals surface area contributed by atoms with Gasteiger partial charge in [-0.15, -0.1) is 0 Å². The number of hydrogen-bond acceptors (Lipinski definition) is 2. The van der Waals surface area contributed by atoms with Gasteiger partial charge in [0.2, 0.25) is 0 Å². The van der Waals surface area contributed by atoms with Gasteiger partial charge in [-0.1, -0.05) is 155 Å². The molecule has 2 aliphatic heterocycles. The molecule has 8 bridgehead atoms. The predicted molar refractivity (Wildman–Crippen MR) is 263 cm³/mol. The second-order valence-electron chi connectivity index (χ2n) is 15.7. The van der Waals surface area contributed by atoms with Crippen molar-refractivity contribution in [1.82, 2.24) is 19.9 Å². The second-order valence-corrected chi connectivity index (χ2v) is 15.7. The Bertz CT molecular complexity index is 3050. The first kappa shape index (κ1) is 38.9. The molecule has 296 valence electrons. The van der Waals surface area contributed by atoms with Crippen LogP contribution in [0.4, 0.5) is 0 Å². The highest BCUT2D eigenvalue weighted by Gasteiger charge is 2.22. The lowest BCUT2D eigenvalue weighted by Gasteiger charge is -2.11. The van der Waals surface area contributed by atoms with Gasteiger partial charge in [0.15, 0.2) is 0 Å². The Morgan fingerprint density at radius 1 is 0.459 bits per heavy atom. The zero-order valence-electron chi connectivity index (χ0n) is 34.6. The zero-order valence-corrected chi connectivity index (χ0v) is 34.6. The Morgan fingerprint density at radius 2 is 0.869 bits per heavy atom. The molecule has 1 atom stereocenters. The van der Waals surface area contributed by atoms with Crippen LogP contribution in [-0.4, -0.2) is 19.9 Å². The average molecular weight is 789 g/mol. The fourth-order valence-electron chi connectivity index (χ4n) is 8.59. The average Bonchev–Trinajstić information content (AvgIpc) is 3.99. The molecule has 2 N–H and O–H groups in total. The fraction of sp³-hybridized carbons (Fsp3) is 0.0877. The topological polar surface area (TPSA) is 57.4 Å². The van der Waals surface area contributed by atoms with E-state index in [-0.39, 0.29) is 5.92 Å². The van der Waals surface area contributed by atoms with Crippen molar-refractivity contribution >= 4 is 68.7 Å². The first-order valence-corrected chi connectivity index (χ1v) is 20.9. The molecule has 0 saturated carbocycles. The summed E-state index contributed by atoms with van der Waals surface area (Å²) in [4.78, 5) is 18.5. The molecule has 1 unspecified atom stereocenters. The molecule has 0 saturated heterocycles. The van der Waals surface area contributed by atoms with Gasteiger partial charge in [0.05, 0.1) is 22.8 Å². The van der Waals surface area contributed by atoms with Crippen molar-refractivity contribution in [3.8, 4) is 0 Å². The lowest BCUT2D eigenvalue weighted by molar-refractivity contribution is 0.891. The number of nitrogens with zero attached hydrogens (tertiary/aromatic N) is 2. The molecular weight excluding hydrogens is 741 g/mol. The molecule has 0 radical (unpaired) electrons. The summed E-state index contributed by atoms with van der Waals surface area (Å²) in [7, 11) is 0. The molecule has 0 aromatic carbocycles. The Morgan fingerprint density at radius 3 is 1.28 bits per heavy atom. The maximum Gasteiger partial charge on any atom is 0.0737 e. The molecular formula is C57H48N4. The zero-order chi connectivity index (χ0) is 41.9. The van der Waals surface area contributed by atoms with Gasteiger partial charge in [0.25, 0.3) is 0 Å². The van der Waals surface area contributed by atoms with Crippen LogP contribution in [0.2, 0.25) is 0 Å². The van der Waals surface area contributed by atoms with E-state index < -0.39 is 0 Å². The standard InChI is InChI=1S/C57H48N4/c1-6-42-46(29-38-22-13-10-14-23-38)54-34-52-44(8-3)48(31-40-26-17-12-18-27-40)56(60-52)36-57-49(32-41-28-20-19-21-37(41)5)45(9-4)53(61-57)35-55-47(30-39-24-15-11-16-25-39)43(7-2)51(59-55)33-50(42)58-54/h6-22,24,26,28-37,58,61H,1-4,23,25,27H2,5H3/b38-29-,39-30-,40-31-,41-32-,50-33?,51-33?,52-34?,53-35?,54-34?,55-35?,56-36?,57-36?.